The minimum absolute atomic E-state index is 0.0141. The van der Waals surface area contributed by atoms with E-state index in [1.807, 2.05) is 24.3 Å². The lowest BCUT2D eigenvalue weighted by Gasteiger charge is -2.11. The molecule has 0 fully saturated rings. The Kier molecular flexibility index (Phi) is 9.73. The minimum Gasteiger partial charge on any atom is -0.484 e. The Morgan fingerprint density at radius 1 is 1.07 bits per heavy atom. The number of nitrogens with one attached hydrogen (secondary N) is 3. The van der Waals surface area contributed by atoms with Crippen LogP contribution in [0.3, 0.4) is 0 Å². The first-order valence-corrected chi connectivity index (χ1v) is 12.3. The molecule has 206 valence electrons. The highest BCUT2D eigenvalue weighted by molar-refractivity contribution is 5.90. The van der Waals surface area contributed by atoms with Crippen molar-refractivity contribution < 1.29 is 18.7 Å². The smallest absolute Gasteiger partial charge is 0.264 e. The first-order valence-electron chi connectivity index (χ1n) is 12.3. The average Bonchev–Trinajstić information content (AvgIpc) is 2.99. The van der Waals surface area contributed by atoms with Crippen molar-refractivity contribution >= 4 is 17.6 Å². The average molecular weight is 553 g/mol. The molecular formula is C29H25FN8O3. The number of carbonyl (C=O) groups is 1. The van der Waals surface area contributed by atoms with Gasteiger partial charge in [0.15, 0.2) is 6.61 Å². The number of hydrogen-bond acceptors (Lipinski definition) is 10. The second-order valence-corrected chi connectivity index (χ2v) is 8.47. The third-order valence-corrected chi connectivity index (χ3v) is 5.55. The van der Waals surface area contributed by atoms with E-state index in [0.29, 0.717) is 18.9 Å². The molecule has 0 bridgehead atoms. The van der Waals surface area contributed by atoms with Gasteiger partial charge in [-0.1, -0.05) is 30.3 Å². The summed E-state index contributed by atoms with van der Waals surface area (Å²) >= 11 is 0. The molecular weight excluding hydrogens is 527 g/mol. The number of nitrogens with zero attached hydrogens (tertiary/aromatic N) is 5. The SMILES string of the molecule is COCc1cccc(CN/C=C(\N=N)c2cc(-c3cccc(C#N)c3F)nc(NC(=O)COc3ccccc3)n2)n1. The highest BCUT2D eigenvalue weighted by Crippen LogP contribution is 2.27. The van der Waals surface area contributed by atoms with Crippen molar-refractivity contribution in [2.75, 3.05) is 19.0 Å². The van der Waals surface area contributed by atoms with Gasteiger partial charge in [-0.3, -0.25) is 15.1 Å². The number of anilines is 1. The van der Waals surface area contributed by atoms with E-state index in [-0.39, 0.29) is 40.8 Å². The van der Waals surface area contributed by atoms with Crippen LogP contribution in [-0.4, -0.2) is 34.6 Å². The van der Waals surface area contributed by atoms with Crippen molar-refractivity contribution in [2.45, 2.75) is 13.2 Å². The lowest BCUT2D eigenvalue weighted by Crippen LogP contribution is -2.22. The molecule has 2 aromatic carbocycles. The Morgan fingerprint density at radius 3 is 2.61 bits per heavy atom. The lowest BCUT2D eigenvalue weighted by atomic mass is 10.1. The summed E-state index contributed by atoms with van der Waals surface area (Å²) in [6.45, 7) is 0.357. The first kappa shape index (κ1) is 28.5. The number of hydrogen-bond donors (Lipinski definition) is 3. The molecule has 0 saturated heterocycles. The van der Waals surface area contributed by atoms with Crippen LogP contribution in [0, 0.1) is 22.7 Å². The zero-order chi connectivity index (χ0) is 29.0. The number of nitriles is 1. The first-order chi connectivity index (χ1) is 20.0. The minimum atomic E-state index is -0.780. The predicted molar refractivity (Wildman–Crippen MR) is 148 cm³/mol. The molecule has 1 amide bonds. The van der Waals surface area contributed by atoms with Gasteiger partial charge in [0.2, 0.25) is 5.95 Å². The second-order valence-electron chi connectivity index (χ2n) is 8.47. The van der Waals surface area contributed by atoms with Gasteiger partial charge in [-0.05, 0) is 42.5 Å². The van der Waals surface area contributed by atoms with Crippen molar-refractivity contribution in [1.29, 1.82) is 10.8 Å². The number of pyridine rings is 1. The van der Waals surface area contributed by atoms with E-state index < -0.39 is 11.7 Å². The third kappa shape index (κ3) is 7.75. The number of halogens is 1. The topological polar surface area (TPSA) is 158 Å². The standard InChI is InChI=1S/C29H25FN8O3/c1-40-17-21-9-6-8-20(34-21)15-33-16-26(38-32)25-13-24(23-12-5-7-19(14-31)28(23)30)35-29(36-25)37-27(39)18-41-22-10-3-2-4-11-22/h2-13,16,32-33H,15,17-18H2,1H3,(H,35,36,37,39)/b26-16-,38-32?. The monoisotopic (exact) mass is 552 g/mol. The largest absolute Gasteiger partial charge is 0.484 e. The molecule has 2 heterocycles. The zero-order valence-electron chi connectivity index (χ0n) is 22.0. The molecule has 0 atom stereocenters. The number of rotatable bonds is 12. The van der Waals surface area contributed by atoms with E-state index in [4.69, 9.17) is 15.0 Å². The molecule has 0 aliphatic heterocycles. The number of benzene rings is 2. The molecule has 0 unspecified atom stereocenters. The summed E-state index contributed by atoms with van der Waals surface area (Å²) in [4.78, 5) is 25.7. The Hall–Kier alpha value is -5.54. The quantitative estimate of drug-likeness (QED) is 0.211. The molecule has 11 nitrogen and oxygen atoms in total. The Labute approximate surface area is 235 Å². The highest BCUT2D eigenvalue weighted by Gasteiger charge is 2.17. The van der Waals surface area contributed by atoms with Crippen LogP contribution in [0.15, 0.2) is 84.1 Å². The zero-order valence-corrected chi connectivity index (χ0v) is 22.0. The van der Waals surface area contributed by atoms with Gasteiger partial charge in [-0.15, -0.1) is 0 Å². The molecule has 2 aromatic heterocycles. The van der Waals surface area contributed by atoms with Crippen molar-refractivity contribution in [3.63, 3.8) is 0 Å². The van der Waals surface area contributed by atoms with Crippen LogP contribution in [0.25, 0.3) is 17.0 Å². The van der Waals surface area contributed by atoms with E-state index in [1.165, 1.54) is 30.5 Å². The van der Waals surface area contributed by atoms with Crippen molar-refractivity contribution in [3.8, 4) is 23.1 Å². The number of aromatic nitrogens is 3. The predicted octanol–water partition coefficient (Wildman–Crippen LogP) is 4.83. The molecule has 0 radical (unpaired) electrons. The number of ether oxygens (including phenoxy) is 2. The van der Waals surface area contributed by atoms with E-state index >= 15 is 4.39 Å². The normalized spacial score (nSPS) is 10.9. The summed E-state index contributed by atoms with van der Waals surface area (Å²) in [5, 5.41) is 18.4. The fourth-order valence-electron chi connectivity index (χ4n) is 3.69. The van der Waals surface area contributed by atoms with Gasteiger partial charge in [0.05, 0.1) is 41.5 Å². The molecule has 0 saturated carbocycles. The van der Waals surface area contributed by atoms with Crippen LogP contribution in [-0.2, 0) is 22.7 Å². The third-order valence-electron chi connectivity index (χ3n) is 5.55. The highest BCUT2D eigenvalue weighted by atomic mass is 19.1. The van der Waals surface area contributed by atoms with Gasteiger partial charge in [0, 0.05) is 18.9 Å². The Morgan fingerprint density at radius 2 is 1.85 bits per heavy atom. The van der Waals surface area contributed by atoms with Crippen LogP contribution < -0.4 is 15.4 Å². The van der Waals surface area contributed by atoms with E-state index in [1.54, 1.807) is 37.4 Å². The van der Waals surface area contributed by atoms with Gasteiger partial charge in [-0.25, -0.2) is 19.9 Å². The van der Waals surface area contributed by atoms with Crippen LogP contribution in [0.5, 0.6) is 5.75 Å². The molecule has 0 aliphatic carbocycles. The summed E-state index contributed by atoms with van der Waals surface area (Å²) in [5.41, 5.74) is 9.34. The van der Waals surface area contributed by atoms with Gasteiger partial charge in [-0.2, -0.15) is 10.4 Å². The number of para-hydroxylation sites is 1. The maximum Gasteiger partial charge on any atom is 0.264 e. The summed E-state index contributed by atoms with van der Waals surface area (Å²) in [6.07, 6.45) is 1.45. The molecule has 12 heteroatoms. The molecule has 4 rings (SSSR count). The van der Waals surface area contributed by atoms with Crippen LogP contribution in [0.4, 0.5) is 10.3 Å². The lowest BCUT2D eigenvalue weighted by molar-refractivity contribution is -0.118. The summed E-state index contributed by atoms with van der Waals surface area (Å²) < 4.78 is 25.7. The molecule has 4 aromatic rings. The van der Waals surface area contributed by atoms with Gasteiger partial charge >= 0.3 is 0 Å². The van der Waals surface area contributed by atoms with E-state index in [2.05, 4.69) is 30.7 Å². The summed E-state index contributed by atoms with van der Waals surface area (Å²) in [5.74, 6) is -1.00. The fourth-order valence-corrected chi connectivity index (χ4v) is 3.69. The fraction of sp³-hybridized carbons (Fsp3) is 0.138. The Bertz CT molecular complexity index is 1610. The van der Waals surface area contributed by atoms with Gasteiger partial charge < -0.3 is 14.8 Å². The molecule has 0 aliphatic rings. The van der Waals surface area contributed by atoms with E-state index in [0.717, 1.165) is 11.4 Å². The maximum absolute atomic E-state index is 15.1. The van der Waals surface area contributed by atoms with Gasteiger partial charge in [0.1, 0.15) is 23.3 Å². The van der Waals surface area contributed by atoms with Crippen molar-refractivity contribution in [3.05, 3.63) is 107 Å². The summed E-state index contributed by atoms with van der Waals surface area (Å²) in [6, 6.07) is 21.8. The maximum atomic E-state index is 15.1. The van der Waals surface area contributed by atoms with Crippen molar-refractivity contribution in [1.82, 2.24) is 20.3 Å². The van der Waals surface area contributed by atoms with Crippen LogP contribution in [0.1, 0.15) is 22.6 Å². The number of amides is 1. The number of methoxy groups -OCH3 is 1. The second kappa shape index (κ2) is 14.0. The van der Waals surface area contributed by atoms with E-state index in [9.17, 15) is 10.1 Å². The molecule has 0 spiro atoms. The van der Waals surface area contributed by atoms with Crippen LogP contribution in [0.2, 0.25) is 0 Å². The van der Waals surface area contributed by atoms with Crippen LogP contribution >= 0.6 is 0 Å². The molecule has 41 heavy (non-hydrogen) atoms. The van der Waals surface area contributed by atoms with Gasteiger partial charge in [0.25, 0.3) is 5.91 Å². The van der Waals surface area contributed by atoms with Crippen molar-refractivity contribution in [2.24, 2.45) is 5.11 Å². The summed E-state index contributed by atoms with van der Waals surface area (Å²) in [7, 11) is 1.59. The number of carbonyl (C=O) groups excluding carboxylic acids is 1. The Balaban J connectivity index is 1.62. The molecule has 3 N–H and O–H groups in total.